The summed E-state index contributed by atoms with van der Waals surface area (Å²) in [4.78, 5) is 21.7. The summed E-state index contributed by atoms with van der Waals surface area (Å²) >= 11 is 1.35. The summed E-state index contributed by atoms with van der Waals surface area (Å²) in [6.45, 7) is 4.61. The summed E-state index contributed by atoms with van der Waals surface area (Å²) in [5.74, 6) is 0.502. The van der Waals surface area contributed by atoms with Gasteiger partial charge >= 0.3 is 0 Å². The van der Waals surface area contributed by atoms with Crippen molar-refractivity contribution in [3.05, 3.63) is 81.9 Å². The normalized spacial score (nSPS) is 13.6. The maximum absolute atomic E-state index is 13.1. The van der Waals surface area contributed by atoms with Gasteiger partial charge in [-0.3, -0.25) is 9.69 Å². The van der Waals surface area contributed by atoms with Crippen LogP contribution in [0.1, 0.15) is 32.1 Å². The minimum atomic E-state index is -0.226. The Kier molecular flexibility index (Phi) is 5.74. The second-order valence-electron chi connectivity index (χ2n) is 8.32. The van der Waals surface area contributed by atoms with Gasteiger partial charge < -0.3 is 15.8 Å². The second-order valence-corrected chi connectivity index (χ2v) is 9.32. The third kappa shape index (κ3) is 4.17. The molecule has 0 bridgehead atoms. The van der Waals surface area contributed by atoms with Crippen molar-refractivity contribution in [2.45, 2.75) is 26.4 Å². The highest BCUT2D eigenvalue weighted by Gasteiger charge is 2.23. The van der Waals surface area contributed by atoms with E-state index in [2.05, 4.69) is 40.5 Å². The molecule has 3 N–H and O–H groups in total. The third-order valence-electron chi connectivity index (χ3n) is 6.16. The lowest BCUT2D eigenvalue weighted by Gasteiger charge is -2.28. The van der Waals surface area contributed by atoms with Gasteiger partial charge in [0.15, 0.2) is 0 Å². The van der Waals surface area contributed by atoms with Crippen LogP contribution in [0, 0.1) is 6.92 Å². The zero-order valence-electron chi connectivity index (χ0n) is 18.7. The first kappa shape index (κ1) is 21.4. The minimum absolute atomic E-state index is 0.226. The van der Waals surface area contributed by atoms with E-state index in [9.17, 15) is 4.79 Å². The van der Waals surface area contributed by atoms with Gasteiger partial charge in [0.2, 0.25) is 0 Å². The van der Waals surface area contributed by atoms with Gasteiger partial charge in [0, 0.05) is 48.4 Å². The standard InChI is InChI=1S/C26H26N4O2S/c1-16-20(9-6-10-22(16)32-2)28-25(31)24-23(27)19-13-18-15-30(14-17-7-4-3-5-8-17)12-11-21(18)29-26(19)33-24/h3-10,13H,11-12,14-15,27H2,1-2H3,(H,28,31). The van der Waals surface area contributed by atoms with Gasteiger partial charge in [-0.15, -0.1) is 11.3 Å². The Hall–Kier alpha value is -3.42. The number of nitrogens with two attached hydrogens (primary N) is 1. The van der Waals surface area contributed by atoms with Crippen molar-refractivity contribution in [3.8, 4) is 5.75 Å². The lowest BCUT2D eigenvalue weighted by Crippen LogP contribution is -2.30. The number of anilines is 2. The molecule has 3 heterocycles. The first-order valence-corrected chi connectivity index (χ1v) is 11.8. The molecule has 6 nitrogen and oxygen atoms in total. The molecule has 7 heteroatoms. The van der Waals surface area contributed by atoms with Crippen molar-refractivity contribution < 1.29 is 9.53 Å². The van der Waals surface area contributed by atoms with Crippen LogP contribution in [0.3, 0.4) is 0 Å². The van der Waals surface area contributed by atoms with Gasteiger partial charge in [-0.25, -0.2) is 4.98 Å². The molecule has 5 rings (SSSR count). The molecule has 33 heavy (non-hydrogen) atoms. The Balaban J connectivity index is 1.40. The summed E-state index contributed by atoms with van der Waals surface area (Å²) in [5, 5.41) is 3.84. The van der Waals surface area contributed by atoms with Crippen LogP contribution in [0.5, 0.6) is 5.75 Å². The molecule has 1 amide bonds. The van der Waals surface area contributed by atoms with Gasteiger partial charge in [-0.05, 0) is 36.2 Å². The highest BCUT2D eigenvalue weighted by Crippen LogP contribution is 2.36. The van der Waals surface area contributed by atoms with Crippen LogP contribution in [-0.2, 0) is 19.5 Å². The molecule has 4 aromatic rings. The second kappa shape index (κ2) is 8.84. The minimum Gasteiger partial charge on any atom is -0.496 e. The van der Waals surface area contributed by atoms with Crippen molar-refractivity contribution in [2.75, 3.05) is 24.7 Å². The van der Waals surface area contributed by atoms with Crippen LogP contribution >= 0.6 is 11.3 Å². The van der Waals surface area contributed by atoms with Crippen LogP contribution in [0.25, 0.3) is 10.2 Å². The van der Waals surface area contributed by atoms with Crippen molar-refractivity contribution in [1.29, 1.82) is 0 Å². The number of nitrogens with zero attached hydrogens (tertiary/aromatic N) is 2. The highest BCUT2D eigenvalue weighted by molar-refractivity contribution is 7.21. The summed E-state index contributed by atoms with van der Waals surface area (Å²) in [7, 11) is 1.62. The monoisotopic (exact) mass is 458 g/mol. The van der Waals surface area contributed by atoms with E-state index in [-0.39, 0.29) is 5.91 Å². The largest absolute Gasteiger partial charge is 0.496 e. The first-order valence-electron chi connectivity index (χ1n) is 11.0. The number of thiophene rings is 1. The summed E-state index contributed by atoms with van der Waals surface area (Å²) in [6.07, 6.45) is 0.889. The van der Waals surface area contributed by atoms with E-state index >= 15 is 0 Å². The molecule has 168 valence electrons. The van der Waals surface area contributed by atoms with Gasteiger partial charge in [0.25, 0.3) is 5.91 Å². The summed E-state index contributed by atoms with van der Waals surface area (Å²) in [5.41, 5.74) is 12.1. The lowest BCUT2D eigenvalue weighted by molar-refractivity contribution is 0.103. The van der Waals surface area contributed by atoms with Gasteiger partial charge in [0.1, 0.15) is 15.5 Å². The number of pyridine rings is 1. The summed E-state index contributed by atoms with van der Waals surface area (Å²) in [6, 6.07) is 18.2. The molecule has 0 radical (unpaired) electrons. The van der Waals surface area contributed by atoms with E-state index < -0.39 is 0 Å². The predicted molar refractivity (Wildman–Crippen MR) is 134 cm³/mol. The topological polar surface area (TPSA) is 80.5 Å². The van der Waals surface area contributed by atoms with E-state index in [1.807, 2.05) is 31.2 Å². The molecule has 0 saturated heterocycles. The maximum Gasteiger partial charge on any atom is 0.267 e. The number of rotatable bonds is 5. The van der Waals surface area contributed by atoms with Gasteiger partial charge in [-0.1, -0.05) is 36.4 Å². The number of hydrogen-bond donors (Lipinski definition) is 2. The Morgan fingerprint density at radius 1 is 1.21 bits per heavy atom. The molecule has 0 spiro atoms. The number of ether oxygens (including phenoxy) is 1. The van der Waals surface area contributed by atoms with E-state index in [1.165, 1.54) is 22.5 Å². The number of nitrogens with one attached hydrogen (secondary N) is 1. The van der Waals surface area contributed by atoms with Crippen molar-refractivity contribution >= 4 is 38.8 Å². The van der Waals surface area contributed by atoms with E-state index in [4.69, 9.17) is 15.5 Å². The highest BCUT2D eigenvalue weighted by atomic mass is 32.1. The average molecular weight is 459 g/mol. The van der Waals surface area contributed by atoms with Crippen LogP contribution < -0.4 is 15.8 Å². The first-order chi connectivity index (χ1) is 16.0. The fourth-order valence-electron chi connectivity index (χ4n) is 4.35. The van der Waals surface area contributed by atoms with Gasteiger partial charge in [-0.2, -0.15) is 0 Å². The van der Waals surface area contributed by atoms with Crippen LogP contribution in [0.4, 0.5) is 11.4 Å². The van der Waals surface area contributed by atoms with Crippen LogP contribution in [0.2, 0.25) is 0 Å². The Morgan fingerprint density at radius 3 is 2.82 bits per heavy atom. The average Bonchev–Trinajstić information content (AvgIpc) is 3.15. The molecule has 0 unspecified atom stereocenters. The Labute approximate surface area is 197 Å². The zero-order valence-corrected chi connectivity index (χ0v) is 19.5. The van der Waals surface area contributed by atoms with Crippen molar-refractivity contribution in [1.82, 2.24) is 9.88 Å². The number of aromatic nitrogens is 1. The number of methoxy groups -OCH3 is 1. The SMILES string of the molecule is COc1cccc(NC(=O)c2sc3nc4c(cc3c2N)CN(Cc2ccccc2)CC4)c1C. The van der Waals surface area contributed by atoms with E-state index in [0.29, 0.717) is 16.3 Å². The van der Waals surface area contributed by atoms with Gasteiger partial charge in [0.05, 0.1) is 12.8 Å². The number of nitrogen functional groups attached to an aromatic ring is 1. The number of amides is 1. The smallest absolute Gasteiger partial charge is 0.267 e. The van der Waals surface area contributed by atoms with Crippen molar-refractivity contribution in [2.24, 2.45) is 0 Å². The quantitative estimate of drug-likeness (QED) is 0.440. The molecule has 1 aliphatic rings. The van der Waals surface area contributed by atoms with Crippen LogP contribution in [-0.4, -0.2) is 29.4 Å². The molecular weight excluding hydrogens is 432 g/mol. The zero-order chi connectivity index (χ0) is 22.9. The van der Waals surface area contributed by atoms with Crippen molar-refractivity contribution in [3.63, 3.8) is 0 Å². The molecule has 0 saturated carbocycles. The number of carbonyl (C=O) groups excluding carboxylic acids is 1. The van der Waals surface area contributed by atoms with E-state index in [1.54, 1.807) is 7.11 Å². The third-order valence-corrected chi connectivity index (χ3v) is 7.27. The Bertz CT molecular complexity index is 1330. The molecule has 2 aromatic carbocycles. The molecular formula is C26H26N4O2S. The van der Waals surface area contributed by atoms with E-state index in [0.717, 1.165) is 53.3 Å². The Morgan fingerprint density at radius 2 is 2.03 bits per heavy atom. The molecule has 1 aliphatic heterocycles. The lowest BCUT2D eigenvalue weighted by atomic mass is 10.0. The number of benzene rings is 2. The number of fused-ring (bicyclic) bond motifs is 2. The fraction of sp³-hybridized carbons (Fsp3) is 0.231. The maximum atomic E-state index is 13.1. The molecule has 2 aromatic heterocycles. The fourth-order valence-corrected chi connectivity index (χ4v) is 5.34. The summed E-state index contributed by atoms with van der Waals surface area (Å²) < 4.78 is 5.36. The molecule has 0 fully saturated rings. The molecule has 0 aliphatic carbocycles. The van der Waals surface area contributed by atoms with Crippen LogP contribution in [0.15, 0.2) is 54.6 Å². The number of carbonyl (C=O) groups is 1. The molecule has 0 atom stereocenters. The predicted octanol–water partition coefficient (Wildman–Crippen LogP) is 5.01. The number of hydrogen-bond acceptors (Lipinski definition) is 6.